The van der Waals surface area contributed by atoms with Crippen LogP contribution in [0.2, 0.25) is 0 Å². The second-order valence-corrected chi connectivity index (χ2v) is 11.0. The molecule has 34 heavy (non-hydrogen) atoms. The van der Waals surface area contributed by atoms with Crippen molar-refractivity contribution in [1.82, 2.24) is 15.1 Å². The van der Waals surface area contributed by atoms with Crippen molar-refractivity contribution in [3.8, 4) is 0 Å². The molecule has 6 nitrogen and oxygen atoms in total. The van der Waals surface area contributed by atoms with Gasteiger partial charge in [0.2, 0.25) is 11.8 Å². The first-order chi connectivity index (χ1) is 16.1. The van der Waals surface area contributed by atoms with E-state index in [0.29, 0.717) is 11.7 Å². The van der Waals surface area contributed by atoms with Crippen LogP contribution in [-0.2, 0) is 4.79 Å². The number of rotatable bonds is 8. The summed E-state index contributed by atoms with van der Waals surface area (Å²) in [6.45, 7) is 8.36. The van der Waals surface area contributed by atoms with Gasteiger partial charge in [-0.25, -0.2) is 8.78 Å². The van der Waals surface area contributed by atoms with Crippen LogP contribution in [0, 0.1) is 22.7 Å². The Morgan fingerprint density at radius 1 is 1.24 bits per heavy atom. The highest BCUT2D eigenvalue weighted by molar-refractivity contribution is 7.10. The molecule has 1 aliphatic heterocycles. The molecule has 0 aromatic carbocycles. The molecule has 0 bridgehead atoms. The van der Waals surface area contributed by atoms with E-state index in [-0.39, 0.29) is 55.5 Å². The molecule has 0 radical (unpaired) electrons. The molecular formula is C25H39F2N5OS. The molecule has 1 aromatic heterocycles. The Hall–Kier alpha value is -1.87. The highest BCUT2D eigenvalue weighted by Crippen LogP contribution is 2.36. The maximum atomic E-state index is 13.5. The van der Waals surface area contributed by atoms with Gasteiger partial charge in [-0.3, -0.25) is 15.6 Å². The van der Waals surface area contributed by atoms with Gasteiger partial charge in [-0.1, -0.05) is 19.9 Å². The van der Waals surface area contributed by atoms with Crippen molar-refractivity contribution < 1.29 is 13.6 Å². The lowest BCUT2D eigenvalue weighted by Crippen LogP contribution is -2.50. The Bertz CT molecular complexity index is 826. The van der Waals surface area contributed by atoms with Gasteiger partial charge in [-0.2, -0.15) is 0 Å². The van der Waals surface area contributed by atoms with Crippen LogP contribution < -0.4 is 5.32 Å². The summed E-state index contributed by atoms with van der Waals surface area (Å²) in [6.07, 6.45) is 2.66. The van der Waals surface area contributed by atoms with E-state index < -0.39 is 5.92 Å². The van der Waals surface area contributed by atoms with Crippen LogP contribution in [0.1, 0.15) is 76.6 Å². The molecule has 1 amide bonds. The standard InChI is InChI=1S/C25H39F2N5OS/c1-17(2)23(29)32(18(3)28)20-8-13-31(14-9-20)15-10-21(22-5-4-16-34-22)30-24(33)19-6-11-25(26,27)12-7-19/h4-5,16-17,19-21,28-29H,6-15H2,1-3H3,(H,30,33). The summed E-state index contributed by atoms with van der Waals surface area (Å²) in [5.74, 6) is -2.04. The molecule has 9 heteroatoms. The van der Waals surface area contributed by atoms with Gasteiger partial charge < -0.3 is 15.1 Å². The van der Waals surface area contributed by atoms with E-state index in [1.54, 1.807) is 18.3 Å². The minimum absolute atomic E-state index is 0.0869. The second kappa shape index (κ2) is 11.7. The fourth-order valence-corrected chi connectivity index (χ4v) is 5.82. The summed E-state index contributed by atoms with van der Waals surface area (Å²) in [7, 11) is 0. The zero-order chi connectivity index (χ0) is 24.9. The van der Waals surface area contributed by atoms with Gasteiger partial charge >= 0.3 is 0 Å². The van der Waals surface area contributed by atoms with Crippen molar-refractivity contribution in [3.63, 3.8) is 0 Å². The van der Waals surface area contributed by atoms with E-state index >= 15 is 0 Å². The predicted molar refractivity (Wildman–Crippen MR) is 134 cm³/mol. The Balaban J connectivity index is 1.53. The molecule has 1 aliphatic carbocycles. The average molecular weight is 496 g/mol. The Labute approximate surface area is 206 Å². The largest absolute Gasteiger partial charge is 0.348 e. The van der Waals surface area contributed by atoms with Crippen molar-refractivity contribution in [2.24, 2.45) is 11.8 Å². The van der Waals surface area contributed by atoms with Gasteiger partial charge in [0.25, 0.3) is 0 Å². The number of piperidine rings is 1. The zero-order valence-corrected chi connectivity index (χ0v) is 21.4. The number of halogens is 2. The van der Waals surface area contributed by atoms with Gasteiger partial charge in [0, 0.05) is 55.2 Å². The van der Waals surface area contributed by atoms with Crippen molar-refractivity contribution >= 4 is 28.9 Å². The van der Waals surface area contributed by atoms with Crippen LogP contribution in [0.15, 0.2) is 17.5 Å². The van der Waals surface area contributed by atoms with Gasteiger partial charge in [0.05, 0.1) is 11.9 Å². The number of nitrogens with one attached hydrogen (secondary N) is 3. The molecular weight excluding hydrogens is 456 g/mol. The average Bonchev–Trinajstić information content (AvgIpc) is 3.32. The van der Waals surface area contributed by atoms with Crippen LogP contribution >= 0.6 is 11.3 Å². The van der Waals surface area contributed by atoms with E-state index in [1.165, 1.54) is 0 Å². The van der Waals surface area contributed by atoms with E-state index in [1.807, 2.05) is 36.3 Å². The van der Waals surface area contributed by atoms with Gasteiger partial charge in [0.15, 0.2) is 0 Å². The topological polar surface area (TPSA) is 83.3 Å². The van der Waals surface area contributed by atoms with Crippen molar-refractivity contribution in [3.05, 3.63) is 22.4 Å². The van der Waals surface area contributed by atoms with Crippen molar-refractivity contribution in [2.45, 2.75) is 83.7 Å². The lowest BCUT2D eigenvalue weighted by molar-refractivity contribution is -0.130. The number of hydrogen-bond donors (Lipinski definition) is 3. The van der Waals surface area contributed by atoms with Gasteiger partial charge in [-0.05, 0) is 50.5 Å². The third-order valence-corrected chi connectivity index (χ3v) is 8.10. The summed E-state index contributed by atoms with van der Waals surface area (Å²) in [5, 5.41) is 21.7. The molecule has 190 valence electrons. The number of thiophene rings is 1. The molecule has 1 aromatic rings. The van der Waals surface area contributed by atoms with Crippen molar-refractivity contribution in [2.75, 3.05) is 19.6 Å². The SMILES string of the molecule is CC(=N)N(C(=N)C(C)C)C1CCN(CCC(NC(=O)C2CCC(F)(F)CC2)c2cccs2)CC1. The number of hydrogen-bond acceptors (Lipinski definition) is 5. The number of likely N-dealkylation sites (tertiary alicyclic amines) is 1. The van der Waals surface area contributed by atoms with E-state index in [4.69, 9.17) is 10.8 Å². The maximum Gasteiger partial charge on any atom is 0.248 e. The minimum atomic E-state index is -2.63. The first-order valence-electron chi connectivity index (χ1n) is 12.4. The van der Waals surface area contributed by atoms with E-state index in [9.17, 15) is 13.6 Å². The monoisotopic (exact) mass is 495 g/mol. The third-order valence-electron chi connectivity index (χ3n) is 7.12. The Morgan fingerprint density at radius 2 is 1.88 bits per heavy atom. The van der Waals surface area contributed by atoms with Crippen LogP contribution in [0.3, 0.4) is 0 Å². The highest BCUT2D eigenvalue weighted by atomic mass is 32.1. The lowest BCUT2D eigenvalue weighted by Gasteiger charge is -2.40. The molecule has 3 N–H and O–H groups in total. The first-order valence-corrected chi connectivity index (χ1v) is 13.3. The normalized spacial score (nSPS) is 20.8. The molecule has 1 atom stereocenters. The van der Waals surface area contributed by atoms with Crippen LogP contribution in [0.5, 0.6) is 0 Å². The smallest absolute Gasteiger partial charge is 0.248 e. The number of amides is 1. The molecule has 1 saturated heterocycles. The second-order valence-electron chi connectivity index (χ2n) is 10.1. The van der Waals surface area contributed by atoms with Crippen LogP contribution in [-0.4, -0.2) is 59.0 Å². The summed E-state index contributed by atoms with van der Waals surface area (Å²) < 4.78 is 27.0. The first kappa shape index (κ1) is 26.7. The predicted octanol–water partition coefficient (Wildman–Crippen LogP) is 5.52. The number of nitrogens with zero attached hydrogens (tertiary/aromatic N) is 2. The molecule has 3 rings (SSSR count). The quantitative estimate of drug-likeness (QED) is 0.328. The molecule has 0 spiro atoms. The molecule has 2 aliphatic rings. The van der Waals surface area contributed by atoms with E-state index in [2.05, 4.69) is 10.2 Å². The number of alkyl halides is 2. The number of amidine groups is 2. The Morgan fingerprint density at radius 3 is 2.41 bits per heavy atom. The summed E-state index contributed by atoms with van der Waals surface area (Å²) in [5.41, 5.74) is 0. The fourth-order valence-electron chi connectivity index (χ4n) is 5.01. The summed E-state index contributed by atoms with van der Waals surface area (Å²) in [4.78, 5) is 18.2. The van der Waals surface area contributed by atoms with Crippen molar-refractivity contribution in [1.29, 1.82) is 10.8 Å². The van der Waals surface area contributed by atoms with Crippen LogP contribution in [0.4, 0.5) is 8.78 Å². The zero-order valence-electron chi connectivity index (χ0n) is 20.6. The highest BCUT2D eigenvalue weighted by Gasteiger charge is 2.38. The van der Waals surface area contributed by atoms with Crippen LogP contribution in [0.25, 0.3) is 0 Å². The minimum Gasteiger partial charge on any atom is -0.348 e. The summed E-state index contributed by atoms with van der Waals surface area (Å²) in [6, 6.07) is 4.08. The van der Waals surface area contributed by atoms with Gasteiger partial charge in [-0.15, -0.1) is 11.3 Å². The molecule has 1 unspecified atom stereocenters. The summed E-state index contributed by atoms with van der Waals surface area (Å²) >= 11 is 1.61. The Kier molecular flexibility index (Phi) is 9.20. The molecule has 2 fully saturated rings. The number of carbonyl (C=O) groups excluding carboxylic acids is 1. The van der Waals surface area contributed by atoms with E-state index in [0.717, 1.165) is 43.8 Å². The third kappa shape index (κ3) is 7.07. The number of carbonyl (C=O) groups is 1. The molecule has 2 heterocycles. The fraction of sp³-hybridized carbons (Fsp3) is 0.720. The van der Waals surface area contributed by atoms with Gasteiger partial charge in [0.1, 0.15) is 5.84 Å². The molecule has 1 saturated carbocycles. The maximum absolute atomic E-state index is 13.5. The lowest BCUT2D eigenvalue weighted by atomic mass is 9.86.